The van der Waals surface area contributed by atoms with Crippen molar-refractivity contribution in [2.75, 3.05) is 56.2 Å². The number of ketones is 1. The van der Waals surface area contributed by atoms with Gasteiger partial charge in [0, 0.05) is 56.0 Å². The number of piperazine rings is 1. The van der Waals surface area contributed by atoms with Crippen LogP contribution in [0.4, 0.5) is 11.4 Å². The number of aromatic nitrogens is 1. The predicted molar refractivity (Wildman–Crippen MR) is 154 cm³/mol. The Balaban J connectivity index is 1.58. The van der Waals surface area contributed by atoms with E-state index in [9.17, 15) is 14.7 Å². The summed E-state index contributed by atoms with van der Waals surface area (Å²) in [5, 5.41) is 11.6. The van der Waals surface area contributed by atoms with Crippen LogP contribution in [0.1, 0.15) is 31.0 Å². The van der Waals surface area contributed by atoms with Crippen molar-refractivity contribution < 1.29 is 24.2 Å². The first-order chi connectivity index (χ1) is 19.4. The van der Waals surface area contributed by atoms with Gasteiger partial charge in [0.25, 0.3) is 11.7 Å². The maximum Gasteiger partial charge on any atom is 0.300 e. The summed E-state index contributed by atoms with van der Waals surface area (Å²) in [6, 6.07) is 15.3. The lowest BCUT2D eigenvalue weighted by Crippen LogP contribution is -2.44. The summed E-state index contributed by atoms with van der Waals surface area (Å²) < 4.78 is 11.4. The summed E-state index contributed by atoms with van der Waals surface area (Å²) in [5.74, 6) is -0.862. The molecule has 1 atom stereocenters. The van der Waals surface area contributed by atoms with Crippen LogP contribution in [0, 0.1) is 0 Å². The first-order valence-electron chi connectivity index (χ1n) is 13.6. The Morgan fingerprint density at radius 1 is 0.950 bits per heavy atom. The molecule has 1 unspecified atom stereocenters. The third-order valence-corrected chi connectivity index (χ3v) is 7.26. The fourth-order valence-corrected chi connectivity index (χ4v) is 5.22. The van der Waals surface area contributed by atoms with Gasteiger partial charge in [-0.15, -0.1) is 0 Å². The molecule has 2 aliphatic heterocycles. The highest BCUT2D eigenvalue weighted by Gasteiger charge is 2.47. The molecule has 2 aliphatic rings. The summed E-state index contributed by atoms with van der Waals surface area (Å²) in [7, 11) is 2.11. The average Bonchev–Trinajstić information content (AvgIpc) is 3.24. The van der Waals surface area contributed by atoms with Crippen LogP contribution in [0.15, 0.2) is 72.6 Å². The SMILES string of the molecule is CCOc1ccc(/C(O)=C2/C(=O)C(=O)N(c3ccc(N4CCN(C)CC4)cc3)C2c2cccnc2)c(OCC)c1. The van der Waals surface area contributed by atoms with Crippen LogP contribution in [0.2, 0.25) is 0 Å². The number of amides is 1. The van der Waals surface area contributed by atoms with Crippen molar-refractivity contribution in [1.82, 2.24) is 9.88 Å². The van der Waals surface area contributed by atoms with Crippen LogP contribution in [0.3, 0.4) is 0 Å². The number of hydrogen-bond acceptors (Lipinski definition) is 8. The van der Waals surface area contributed by atoms with E-state index in [4.69, 9.17) is 9.47 Å². The molecule has 40 heavy (non-hydrogen) atoms. The number of likely N-dealkylation sites (N-methyl/N-ethyl adjacent to an activating group) is 1. The van der Waals surface area contributed by atoms with E-state index >= 15 is 0 Å². The molecule has 0 aliphatic carbocycles. The largest absolute Gasteiger partial charge is 0.507 e. The summed E-state index contributed by atoms with van der Waals surface area (Å²) in [6.07, 6.45) is 3.23. The molecule has 1 N–H and O–H groups in total. The molecule has 5 rings (SSSR count). The molecular weight excluding hydrogens is 508 g/mol. The summed E-state index contributed by atoms with van der Waals surface area (Å²) in [6.45, 7) is 8.31. The highest BCUT2D eigenvalue weighted by molar-refractivity contribution is 6.51. The Hall–Kier alpha value is -4.37. The van der Waals surface area contributed by atoms with Crippen molar-refractivity contribution in [3.63, 3.8) is 0 Å². The molecular formula is C31H34N4O5. The standard InChI is InChI=1S/C31H34N4O5/c1-4-39-24-12-13-25(26(19-24)40-5-2)29(36)27-28(21-7-6-14-32-20-21)35(31(38)30(27)37)23-10-8-22(9-11-23)34-17-15-33(3)16-18-34/h6-14,19-20,28,36H,4-5,15-18H2,1-3H3/b29-27-. The van der Waals surface area contributed by atoms with E-state index in [1.165, 1.54) is 4.90 Å². The van der Waals surface area contributed by atoms with Gasteiger partial charge in [-0.25, -0.2) is 0 Å². The lowest BCUT2D eigenvalue weighted by Gasteiger charge is -2.34. The number of pyridine rings is 1. The van der Waals surface area contributed by atoms with Gasteiger partial charge in [0.05, 0.1) is 30.4 Å². The van der Waals surface area contributed by atoms with Crippen molar-refractivity contribution in [3.8, 4) is 11.5 Å². The number of aliphatic hydroxyl groups is 1. The zero-order valence-electron chi connectivity index (χ0n) is 23.0. The number of anilines is 2. The smallest absolute Gasteiger partial charge is 0.300 e. The Bertz CT molecular complexity index is 1400. The van der Waals surface area contributed by atoms with Crippen molar-refractivity contribution >= 4 is 28.8 Å². The Kier molecular flexibility index (Phi) is 8.02. The highest BCUT2D eigenvalue weighted by atomic mass is 16.5. The zero-order chi connectivity index (χ0) is 28.2. The first kappa shape index (κ1) is 27.2. The number of ether oxygens (including phenoxy) is 2. The van der Waals surface area contributed by atoms with Crippen LogP contribution in [-0.2, 0) is 9.59 Å². The van der Waals surface area contributed by atoms with Crippen molar-refractivity contribution in [3.05, 3.63) is 83.7 Å². The second-order valence-corrected chi connectivity index (χ2v) is 9.79. The summed E-state index contributed by atoms with van der Waals surface area (Å²) >= 11 is 0. The van der Waals surface area contributed by atoms with Gasteiger partial charge in [0.1, 0.15) is 17.3 Å². The van der Waals surface area contributed by atoms with Crippen LogP contribution < -0.4 is 19.3 Å². The number of Topliss-reactive ketones (excluding diaryl/α,β-unsaturated/α-hetero) is 1. The fraction of sp³-hybridized carbons (Fsp3) is 0.323. The molecule has 1 amide bonds. The maximum absolute atomic E-state index is 13.6. The van der Waals surface area contributed by atoms with E-state index in [1.807, 2.05) is 38.1 Å². The molecule has 2 saturated heterocycles. The molecule has 3 heterocycles. The number of hydrogen-bond donors (Lipinski definition) is 1. The number of benzene rings is 2. The minimum absolute atomic E-state index is 0.0220. The van der Waals surface area contributed by atoms with E-state index < -0.39 is 17.7 Å². The Morgan fingerprint density at radius 2 is 1.65 bits per heavy atom. The van der Waals surface area contributed by atoms with Crippen LogP contribution in [-0.4, -0.2) is 73.1 Å². The van der Waals surface area contributed by atoms with Gasteiger partial charge in [-0.2, -0.15) is 0 Å². The van der Waals surface area contributed by atoms with Crippen LogP contribution in [0.5, 0.6) is 11.5 Å². The van der Waals surface area contributed by atoms with Crippen LogP contribution in [0.25, 0.3) is 5.76 Å². The van der Waals surface area contributed by atoms with Crippen molar-refractivity contribution in [2.24, 2.45) is 0 Å². The maximum atomic E-state index is 13.6. The number of aliphatic hydroxyl groups excluding tert-OH is 1. The molecule has 1 aromatic heterocycles. The summed E-state index contributed by atoms with van der Waals surface area (Å²) in [5.41, 5.74) is 2.51. The molecule has 0 saturated carbocycles. The average molecular weight is 543 g/mol. The van der Waals surface area contributed by atoms with Gasteiger partial charge >= 0.3 is 0 Å². The Morgan fingerprint density at radius 3 is 2.30 bits per heavy atom. The highest BCUT2D eigenvalue weighted by Crippen LogP contribution is 2.43. The molecule has 2 aromatic carbocycles. The predicted octanol–water partition coefficient (Wildman–Crippen LogP) is 4.26. The lowest BCUT2D eigenvalue weighted by atomic mass is 9.95. The van der Waals surface area contributed by atoms with E-state index in [1.54, 1.807) is 42.7 Å². The number of rotatable bonds is 8. The molecule has 9 heteroatoms. The van der Waals surface area contributed by atoms with Gasteiger partial charge in [-0.3, -0.25) is 19.5 Å². The van der Waals surface area contributed by atoms with E-state index in [-0.39, 0.29) is 11.3 Å². The van der Waals surface area contributed by atoms with E-state index in [2.05, 4.69) is 21.8 Å². The lowest BCUT2D eigenvalue weighted by molar-refractivity contribution is -0.132. The van der Waals surface area contributed by atoms with Crippen molar-refractivity contribution in [2.45, 2.75) is 19.9 Å². The molecule has 208 valence electrons. The minimum atomic E-state index is -0.871. The fourth-order valence-electron chi connectivity index (χ4n) is 5.22. The molecule has 2 fully saturated rings. The van der Waals surface area contributed by atoms with Gasteiger partial charge < -0.3 is 24.4 Å². The molecule has 9 nitrogen and oxygen atoms in total. The molecule has 0 spiro atoms. The third kappa shape index (κ3) is 5.24. The van der Waals surface area contributed by atoms with E-state index in [0.717, 1.165) is 31.9 Å². The Labute approximate surface area is 234 Å². The normalized spacial score (nSPS) is 19.2. The van der Waals surface area contributed by atoms with E-state index in [0.29, 0.717) is 41.5 Å². The molecule has 0 bridgehead atoms. The third-order valence-electron chi connectivity index (χ3n) is 7.26. The summed E-state index contributed by atoms with van der Waals surface area (Å²) in [4.78, 5) is 37.4. The molecule has 3 aromatic rings. The topological polar surface area (TPSA) is 95.4 Å². The zero-order valence-corrected chi connectivity index (χ0v) is 23.0. The van der Waals surface area contributed by atoms with Gasteiger partial charge in [-0.1, -0.05) is 6.07 Å². The number of carbonyl (C=O) groups is 2. The minimum Gasteiger partial charge on any atom is -0.507 e. The monoisotopic (exact) mass is 542 g/mol. The molecule has 0 radical (unpaired) electrons. The van der Waals surface area contributed by atoms with Crippen molar-refractivity contribution in [1.29, 1.82) is 0 Å². The van der Waals surface area contributed by atoms with Gasteiger partial charge in [0.15, 0.2) is 0 Å². The second-order valence-electron chi connectivity index (χ2n) is 9.79. The quantitative estimate of drug-likeness (QED) is 0.256. The number of nitrogens with zero attached hydrogens (tertiary/aromatic N) is 4. The van der Waals surface area contributed by atoms with Crippen LogP contribution >= 0.6 is 0 Å². The first-order valence-corrected chi connectivity index (χ1v) is 13.6. The second kappa shape index (κ2) is 11.8. The van der Waals surface area contributed by atoms with Gasteiger partial charge in [-0.05, 0) is 68.9 Å². The number of carbonyl (C=O) groups excluding carboxylic acids is 2. The van der Waals surface area contributed by atoms with Gasteiger partial charge in [0.2, 0.25) is 0 Å².